The molecule has 2 nitrogen and oxygen atoms in total. The molecule has 1 aliphatic heterocycles. The highest BCUT2D eigenvalue weighted by Gasteiger charge is 2.22. The molecular weight excluding hydrogens is 252 g/mol. The van der Waals surface area contributed by atoms with Crippen LogP contribution >= 0.6 is 23.5 Å². The Bertz CT molecular complexity index is 387. The maximum atomic E-state index is 12.1. The van der Waals surface area contributed by atoms with Crippen molar-refractivity contribution < 1.29 is 9.53 Å². The summed E-state index contributed by atoms with van der Waals surface area (Å²) in [5.41, 5.74) is 0.996. The summed E-state index contributed by atoms with van der Waals surface area (Å²) < 4.78 is 5.27. The Morgan fingerprint density at radius 3 is 2.94 bits per heavy atom. The van der Waals surface area contributed by atoms with Crippen LogP contribution in [0.5, 0.6) is 5.75 Å². The first-order valence-electron chi connectivity index (χ1n) is 5.65. The number of rotatable bonds is 4. The van der Waals surface area contributed by atoms with Crippen molar-refractivity contribution in [3.05, 3.63) is 29.8 Å². The van der Waals surface area contributed by atoms with Gasteiger partial charge >= 0.3 is 0 Å². The molecule has 0 aliphatic carbocycles. The number of thioether (sulfide) groups is 2. The first kappa shape index (κ1) is 12.8. The van der Waals surface area contributed by atoms with Crippen LogP contribution in [0.25, 0.3) is 0 Å². The summed E-state index contributed by atoms with van der Waals surface area (Å²) in [5, 5.41) is 0.165. The average molecular weight is 268 g/mol. The minimum Gasteiger partial charge on any atom is -0.496 e. The summed E-state index contributed by atoms with van der Waals surface area (Å²) in [6.07, 6.45) is 0.488. The third kappa shape index (κ3) is 3.42. The van der Waals surface area contributed by atoms with Crippen molar-refractivity contribution in [2.45, 2.75) is 11.7 Å². The van der Waals surface area contributed by atoms with Crippen LogP contribution in [0.1, 0.15) is 5.56 Å². The van der Waals surface area contributed by atoms with E-state index >= 15 is 0 Å². The molecule has 0 amide bonds. The van der Waals surface area contributed by atoms with E-state index in [4.69, 9.17) is 4.74 Å². The molecule has 0 aromatic heterocycles. The van der Waals surface area contributed by atoms with Gasteiger partial charge in [0.2, 0.25) is 0 Å². The van der Waals surface area contributed by atoms with Crippen LogP contribution < -0.4 is 4.74 Å². The van der Waals surface area contributed by atoms with Crippen LogP contribution in [-0.4, -0.2) is 35.4 Å². The lowest BCUT2D eigenvalue weighted by Gasteiger charge is -2.20. The number of carbonyl (C=O) groups excluding carboxylic acids is 1. The van der Waals surface area contributed by atoms with Crippen molar-refractivity contribution in [3.63, 3.8) is 0 Å². The number of methoxy groups -OCH3 is 1. The predicted octanol–water partition coefficient (Wildman–Crippen LogP) is 2.66. The second-order valence-electron chi connectivity index (χ2n) is 3.89. The van der Waals surface area contributed by atoms with Gasteiger partial charge in [-0.3, -0.25) is 4.79 Å². The van der Waals surface area contributed by atoms with Gasteiger partial charge in [0.05, 0.1) is 12.4 Å². The molecule has 0 radical (unpaired) electrons. The second-order valence-corrected chi connectivity index (χ2v) is 6.35. The SMILES string of the molecule is COc1ccccc1CC(=O)C1CSCCS1. The number of hydrogen-bond donors (Lipinski definition) is 0. The first-order valence-corrected chi connectivity index (χ1v) is 7.85. The summed E-state index contributed by atoms with van der Waals surface area (Å²) in [4.78, 5) is 12.1. The summed E-state index contributed by atoms with van der Waals surface area (Å²) in [6, 6.07) is 7.76. The van der Waals surface area contributed by atoms with Gasteiger partial charge in [0.25, 0.3) is 0 Å². The van der Waals surface area contributed by atoms with E-state index in [1.54, 1.807) is 18.9 Å². The quantitative estimate of drug-likeness (QED) is 0.838. The van der Waals surface area contributed by atoms with Gasteiger partial charge < -0.3 is 4.74 Å². The Labute approximate surface area is 111 Å². The minimum atomic E-state index is 0.165. The van der Waals surface area contributed by atoms with Crippen molar-refractivity contribution >= 4 is 29.3 Å². The van der Waals surface area contributed by atoms with Crippen LogP contribution in [0.2, 0.25) is 0 Å². The Morgan fingerprint density at radius 1 is 1.41 bits per heavy atom. The van der Waals surface area contributed by atoms with Crippen molar-refractivity contribution in [2.75, 3.05) is 24.4 Å². The number of hydrogen-bond acceptors (Lipinski definition) is 4. The van der Waals surface area contributed by atoms with Crippen molar-refractivity contribution in [3.8, 4) is 5.75 Å². The number of para-hydroxylation sites is 1. The molecule has 0 saturated carbocycles. The van der Waals surface area contributed by atoms with E-state index in [1.807, 2.05) is 36.0 Å². The normalized spacial score (nSPS) is 19.9. The maximum absolute atomic E-state index is 12.1. The minimum absolute atomic E-state index is 0.165. The molecule has 1 fully saturated rings. The second kappa shape index (κ2) is 6.36. The standard InChI is InChI=1S/C13H16O2S2/c1-15-12-5-3-2-4-10(12)8-11(14)13-9-16-6-7-17-13/h2-5,13H,6-9H2,1H3. The first-order chi connectivity index (χ1) is 8.31. The fraction of sp³-hybridized carbons (Fsp3) is 0.462. The molecule has 1 saturated heterocycles. The zero-order valence-electron chi connectivity index (χ0n) is 9.85. The van der Waals surface area contributed by atoms with Crippen LogP contribution in [-0.2, 0) is 11.2 Å². The molecular formula is C13H16O2S2. The molecule has 0 spiro atoms. The fourth-order valence-corrected chi connectivity index (χ4v) is 4.47. The third-order valence-corrected chi connectivity index (χ3v) is 5.54. The Kier molecular flexibility index (Phi) is 4.80. The monoisotopic (exact) mass is 268 g/mol. The summed E-state index contributed by atoms with van der Waals surface area (Å²) in [6.45, 7) is 0. The van der Waals surface area contributed by atoms with Crippen LogP contribution in [0, 0.1) is 0 Å². The van der Waals surface area contributed by atoms with E-state index in [9.17, 15) is 4.79 Å². The number of carbonyl (C=O) groups is 1. The number of Topliss-reactive ketones (excluding diaryl/α,β-unsaturated/α-hetero) is 1. The predicted molar refractivity (Wildman–Crippen MR) is 75.3 cm³/mol. The summed E-state index contributed by atoms with van der Waals surface area (Å²) in [5.74, 6) is 4.36. The Morgan fingerprint density at radius 2 is 2.24 bits per heavy atom. The molecule has 1 aromatic carbocycles. The number of benzene rings is 1. The smallest absolute Gasteiger partial charge is 0.151 e. The molecule has 0 bridgehead atoms. The molecule has 92 valence electrons. The Hall–Kier alpha value is -0.610. The van der Waals surface area contributed by atoms with E-state index in [0.717, 1.165) is 22.8 Å². The highest BCUT2D eigenvalue weighted by atomic mass is 32.2. The molecule has 0 N–H and O–H groups in total. The van der Waals surface area contributed by atoms with Gasteiger partial charge in [0.1, 0.15) is 5.75 Å². The number of ketones is 1. The molecule has 2 rings (SSSR count). The van der Waals surface area contributed by atoms with Gasteiger partial charge in [-0.05, 0) is 6.07 Å². The van der Waals surface area contributed by atoms with Gasteiger partial charge in [-0.2, -0.15) is 11.8 Å². The van der Waals surface area contributed by atoms with Gasteiger partial charge in [-0.1, -0.05) is 18.2 Å². The molecule has 1 unspecified atom stereocenters. The van der Waals surface area contributed by atoms with E-state index in [-0.39, 0.29) is 5.25 Å². The molecule has 1 atom stereocenters. The average Bonchev–Trinajstić information content (AvgIpc) is 2.40. The highest BCUT2D eigenvalue weighted by molar-refractivity contribution is 8.07. The number of ether oxygens (including phenoxy) is 1. The van der Waals surface area contributed by atoms with Gasteiger partial charge in [-0.25, -0.2) is 0 Å². The van der Waals surface area contributed by atoms with E-state index in [1.165, 1.54) is 5.75 Å². The molecule has 1 aliphatic rings. The topological polar surface area (TPSA) is 26.3 Å². The van der Waals surface area contributed by atoms with Gasteiger partial charge in [-0.15, -0.1) is 11.8 Å². The molecule has 1 aromatic rings. The summed E-state index contributed by atoms with van der Waals surface area (Å²) >= 11 is 3.67. The van der Waals surface area contributed by atoms with Gasteiger partial charge in [0, 0.05) is 29.2 Å². The lowest BCUT2D eigenvalue weighted by molar-refractivity contribution is -0.117. The fourth-order valence-electron chi connectivity index (χ4n) is 1.82. The van der Waals surface area contributed by atoms with E-state index in [0.29, 0.717) is 12.2 Å². The maximum Gasteiger partial charge on any atom is 0.151 e. The zero-order valence-corrected chi connectivity index (χ0v) is 11.5. The van der Waals surface area contributed by atoms with Crippen LogP contribution in [0.15, 0.2) is 24.3 Å². The summed E-state index contributed by atoms with van der Waals surface area (Å²) in [7, 11) is 1.65. The molecule has 1 heterocycles. The lowest BCUT2D eigenvalue weighted by Crippen LogP contribution is -2.25. The Balaban J connectivity index is 2.01. The molecule has 4 heteroatoms. The van der Waals surface area contributed by atoms with Crippen molar-refractivity contribution in [1.82, 2.24) is 0 Å². The van der Waals surface area contributed by atoms with Gasteiger partial charge in [0.15, 0.2) is 5.78 Å². The third-order valence-electron chi connectivity index (χ3n) is 2.73. The lowest BCUT2D eigenvalue weighted by atomic mass is 10.1. The highest BCUT2D eigenvalue weighted by Crippen LogP contribution is 2.27. The van der Waals surface area contributed by atoms with Crippen LogP contribution in [0.4, 0.5) is 0 Å². The van der Waals surface area contributed by atoms with E-state index < -0.39 is 0 Å². The van der Waals surface area contributed by atoms with Crippen molar-refractivity contribution in [1.29, 1.82) is 0 Å². The zero-order chi connectivity index (χ0) is 12.1. The molecule has 17 heavy (non-hydrogen) atoms. The van der Waals surface area contributed by atoms with Crippen molar-refractivity contribution in [2.24, 2.45) is 0 Å². The van der Waals surface area contributed by atoms with E-state index in [2.05, 4.69) is 0 Å². The van der Waals surface area contributed by atoms with Crippen LogP contribution in [0.3, 0.4) is 0 Å². The largest absolute Gasteiger partial charge is 0.496 e.